The highest BCUT2D eigenvalue weighted by molar-refractivity contribution is 5.86. The molecule has 0 aromatic rings. The Hall–Kier alpha value is -1.10. The molecule has 1 saturated carbocycles. The molecule has 1 amide bonds. The number of nitrogens with one attached hydrogen (secondary N) is 2. The molecular weight excluding hydrogens is 184 g/mol. The molecule has 2 atom stereocenters. The minimum atomic E-state index is -0.844. The summed E-state index contributed by atoms with van der Waals surface area (Å²) in [6, 6.07) is 0.206. The van der Waals surface area contributed by atoms with Gasteiger partial charge in [-0.1, -0.05) is 0 Å². The van der Waals surface area contributed by atoms with Crippen LogP contribution in [-0.4, -0.2) is 36.1 Å². The van der Waals surface area contributed by atoms with Crippen molar-refractivity contribution in [2.45, 2.75) is 18.9 Å². The summed E-state index contributed by atoms with van der Waals surface area (Å²) in [6.07, 6.45) is 1.35. The molecule has 0 unspecified atom stereocenters. The molecule has 1 heterocycles. The Labute approximate surface area is 81.9 Å². The third-order valence-corrected chi connectivity index (χ3v) is 3.06. The van der Waals surface area contributed by atoms with Crippen molar-refractivity contribution in [1.29, 1.82) is 0 Å². The van der Waals surface area contributed by atoms with E-state index in [4.69, 9.17) is 5.11 Å². The highest BCUT2D eigenvalue weighted by atomic mass is 16.4. The number of carboxylic acid groups (broad SMARTS) is 1. The molecule has 0 aromatic carbocycles. The van der Waals surface area contributed by atoms with Gasteiger partial charge in [0.25, 0.3) is 0 Å². The highest BCUT2D eigenvalue weighted by Crippen LogP contribution is 2.34. The SMILES string of the molecule is O=C(NC1CNC1)[C@H]1CC[C@H]1C(=O)O. The van der Waals surface area contributed by atoms with Crippen molar-refractivity contribution in [2.75, 3.05) is 13.1 Å². The number of carboxylic acids is 1. The number of carbonyl (C=O) groups is 2. The van der Waals surface area contributed by atoms with Crippen LogP contribution in [0.5, 0.6) is 0 Å². The van der Waals surface area contributed by atoms with Gasteiger partial charge in [0.2, 0.25) is 5.91 Å². The number of carbonyl (C=O) groups excluding carboxylic acids is 1. The van der Waals surface area contributed by atoms with Crippen molar-refractivity contribution in [2.24, 2.45) is 11.8 Å². The van der Waals surface area contributed by atoms with Gasteiger partial charge in [0.1, 0.15) is 0 Å². The maximum Gasteiger partial charge on any atom is 0.307 e. The molecule has 5 heteroatoms. The molecule has 0 spiro atoms. The maximum absolute atomic E-state index is 11.5. The normalized spacial score (nSPS) is 31.4. The van der Waals surface area contributed by atoms with Crippen LogP contribution in [-0.2, 0) is 9.59 Å². The summed E-state index contributed by atoms with van der Waals surface area (Å²) in [6.45, 7) is 1.60. The first-order chi connectivity index (χ1) is 6.68. The van der Waals surface area contributed by atoms with Gasteiger partial charge in [-0.25, -0.2) is 0 Å². The topological polar surface area (TPSA) is 78.4 Å². The summed E-state index contributed by atoms with van der Waals surface area (Å²) in [5.74, 6) is -1.69. The van der Waals surface area contributed by atoms with Crippen molar-refractivity contribution >= 4 is 11.9 Å². The van der Waals surface area contributed by atoms with Gasteiger partial charge in [-0.05, 0) is 12.8 Å². The van der Waals surface area contributed by atoms with Crippen LogP contribution in [0, 0.1) is 11.8 Å². The quantitative estimate of drug-likeness (QED) is 0.554. The van der Waals surface area contributed by atoms with E-state index in [0.29, 0.717) is 12.8 Å². The Morgan fingerprint density at radius 1 is 1.21 bits per heavy atom. The minimum absolute atomic E-state index is 0.0878. The number of aliphatic carboxylic acids is 1. The van der Waals surface area contributed by atoms with Crippen molar-refractivity contribution in [3.63, 3.8) is 0 Å². The van der Waals surface area contributed by atoms with E-state index >= 15 is 0 Å². The molecule has 2 aliphatic rings. The molecule has 5 nitrogen and oxygen atoms in total. The first kappa shape index (κ1) is 9.45. The molecule has 3 N–H and O–H groups in total. The summed E-state index contributed by atoms with van der Waals surface area (Å²) in [7, 11) is 0. The first-order valence-electron chi connectivity index (χ1n) is 4.92. The van der Waals surface area contributed by atoms with Crippen LogP contribution in [0.2, 0.25) is 0 Å². The molecule has 2 rings (SSSR count). The van der Waals surface area contributed by atoms with Gasteiger partial charge in [0.15, 0.2) is 0 Å². The Morgan fingerprint density at radius 3 is 2.21 bits per heavy atom. The van der Waals surface area contributed by atoms with Gasteiger partial charge in [-0.3, -0.25) is 9.59 Å². The van der Waals surface area contributed by atoms with E-state index in [-0.39, 0.29) is 17.9 Å². The fraction of sp³-hybridized carbons (Fsp3) is 0.778. The molecule has 78 valence electrons. The fourth-order valence-corrected chi connectivity index (χ4v) is 1.81. The van der Waals surface area contributed by atoms with Gasteiger partial charge in [-0.2, -0.15) is 0 Å². The molecule has 1 aliphatic carbocycles. The standard InChI is InChI=1S/C9H14N2O3/c12-8(11-5-3-10-4-5)6-1-2-7(6)9(13)14/h5-7,10H,1-4H2,(H,11,12)(H,13,14)/t6-,7+/m0/s1. The number of rotatable bonds is 3. The number of hydrogen-bond donors (Lipinski definition) is 3. The Morgan fingerprint density at radius 2 is 1.86 bits per heavy atom. The maximum atomic E-state index is 11.5. The summed E-state index contributed by atoms with van der Waals surface area (Å²) < 4.78 is 0. The predicted molar refractivity (Wildman–Crippen MR) is 48.7 cm³/mol. The first-order valence-corrected chi connectivity index (χ1v) is 4.92. The van der Waals surface area contributed by atoms with Crippen molar-refractivity contribution in [1.82, 2.24) is 10.6 Å². The van der Waals surface area contributed by atoms with E-state index in [0.717, 1.165) is 13.1 Å². The molecule has 2 fully saturated rings. The summed E-state index contributed by atoms with van der Waals surface area (Å²) >= 11 is 0. The van der Waals surface area contributed by atoms with Crippen LogP contribution in [0.3, 0.4) is 0 Å². The summed E-state index contributed by atoms with van der Waals surface area (Å²) in [5, 5.41) is 14.6. The van der Waals surface area contributed by atoms with Gasteiger partial charge in [0, 0.05) is 13.1 Å². The zero-order valence-corrected chi connectivity index (χ0v) is 7.82. The zero-order valence-electron chi connectivity index (χ0n) is 7.82. The summed E-state index contributed by atoms with van der Waals surface area (Å²) in [4.78, 5) is 22.2. The lowest BCUT2D eigenvalue weighted by molar-refractivity contribution is -0.153. The Bertz CT molecular complexity index is 263. The van der Waals surface area contributed by atoms with E-state index < -0.39 is 11.9 Å². The van der Waals surface area contributed by atoms with E-state index in [9.17, 15) is 9.59 Å². The zero-order chi connectivity index (χ0) is 10.1. The minimum Gasteiger partial charge on any atom is -0.481 e. The van der Waals surface area contributed by atoms with E-state index in [1.807, 2.05) is 0 Å². The van der Waals surface area contributed by atoms with E-state index in [1.54, 1.807) is 0 Å². The van der Waals surface area contributed by atoms with Gasteiger partial charge < -0.3 is 15.7 Å². The lowest BCUT2D eigenvalue weighted by Gasteiger charge is -2.35. The average molecular weight is 198 g/mol. The molecule has 0 bridgehead atoms. The molecule has 0 radical (unpaired) electrons. The Balaban J connectivity index is 1.82. The van der Waals surface area contributed by atoms with Crippen LogP contribution >= 0.6 is 0 Å². The highest BCUT2D eigenvalue weighted by Gasteiger charge is 2.42. The Kier molecular flexibility index (Phi) is 2.41. The second-order valence-electron chi connectivity index (χ2n) is 3.99. The third kappa shape index (κ3) is 1.59. The van der Waals surface area contributed by atoms with Gasteiger partial charge >= 0.3 is 5.97 Å². The molecule has 14 heavy (non-hydrogen) atoms. The molecule has 1 aliphatic heterocycles. The third-order valence-electron chi connectivity index (χ3n) is 3.06. The molecule has 0 aromatic heterocycles. The van der Waals surface area contributed by atoms with Crippen LogP contribution in [0.15, 0.2) is 0 Å². The summed E-state index contributed by atoms with van der Waals surface area (Å²) in [5.41, 5.74) is 0. The fourth-order valence-electron chi connectivity index (χ4n) is 1.81. The van der Waals surface area contributed by atoms with Crippen LogP contribution in [0.4, 0.5) is 0 Å². The predicted octanol–water partition coefficient (Wildman–Crippen LogP) is -0.815. The van der Waals surface area contributed by atoms with Gasteiger partial charge in [0.05, 0.1) is 17.9 Å². The second-order valence-corrected chi connectivity index (χ2v) is 3.99. The monoisotopic (exact) mass is 198 g/mol. The van der Waals surface area contributed by atoms with Crippen molar-refractivity contribution in [3.8, 4) is 0 Å². The van der Waals surface area contributed by atoms with Crippen molar-refractivity contribution < 1.29 is 14.7 Å². The van der Waals surface area contributed by atoms with Crippen LogP contribution in [0.1, 0.15) is 12.8 Å². The average Bonchev–Trinajstić information content (AvgIpc) is 1.93. The smallest absolute Gasteiger partial charge is 0.307 e. The lowest BCUT2D eigenvalue weighted by atomic mass is 9.73. The second kappa shape index (κ2) is 3.57. The van der Waals surface area contributed by atoms with Crippen LogP contribution in [0.25, 0.3) is 0 Å². The largest absolute Gasteiger partial charge is 0.481 e. The van der Waals surface area contributed by atoms with E-state index in [2.05, 4.69) is 10.6 Å². The van der Waals surface area contributed by atoms with Crippen molar-refractivity contribution in [3.05, 3.63) is 0 Å². The molecular formula is C9H14N2O3. The molecule has 1 saturated heterocycles. The van der Waals surface area contributed by atoms with E-state index in [1.165, 1.54) is 0 Å². The lowest BCUT2D eigenvalue weighted by Crippen LogP contribution is -2.59. The number of hydrogen-bond acceptors (Lipinski definition) is 3. The van der Waals surface area contributed by atoms with Gasteiger partial charge in [-0.15, -0.1) is 0 Å². The number of amides is 1. The van der Waals surface area contributed by atoms with Crippen LogP contribution < -0.4 is 10.6 Å².